The number of esters is 1. The minimum absolute atomic E-state index is 0.0577. The fourth-order valence-corrected chi connectivity index (χ4v) is 6.82. The molecular weight excluding hydrogens is 424 g/mol. The van der Waals surface area contributed by atoms with Crippen LogP contribution in [0.25, 0.3) is 0 Å². The van der Waals surface area contributed by atoms with Gasteiger partial charge >= 0.3 is 5.97 Å². The maximum absolute atomic E-state index is 12.6. The highest BCUT2D eigenvalue weighted by Gasteiger charge is 2.45. The van der Waals surface area contributed by atoms with E-state index in [1.807, 2.05) is 18.2 Å². The van der Waals surface area contributed by atoms with E-state index < -0.39 is 13.7 Å². The third-order valence-electron chi connectivity index (χ3n) is 7.93. The van der Waals surface area contributed by atoms with Crippen LogP contribution in [0.4, 0.5) is 0 Å². The zero-order valence-corrected chi connectivity index (χ0v) is 22.3. The highest BCUT2D eigenvalue weighted by molar-refractivity contribution is 6.74. The second kappa shape index (κ2) is 11.0. The molecule has 33 heavy (non-hydrogen) atoms. The van der Waals surface area contributed by atoms with E-state index in [-0.39, 0.29) is 5.97 Å². The molecule has 4 heteroatoms. The van der Waals surface area contributed by atoms with Crippen molar-refractivity contribution in [3.8, 4) is 0 Å². The standard InChI is InChI=1S/C29H42O3Si/c1-6-19-28(2,3)33(4,5)32-22-18-25-16-14-24(15-17-25)11-10-20-29(21-23-31-27(29)30)26-12-8-7-9-13-26/h7-9,12-17H,6,10-11,18-23H2,1-5H3. The Bertz CT molecular complexity index is 889. The molecule has 0 amide bonds. The monoisotopic (exact) mass is 466 g/mol. The number of carbonyl (C=O) groups is 1. The maximum Gasteiger partial charge on any atom is 0.316 e. The van der Waals surface area contributed by atoms with Gasteiger partial charge in [0.05, 0.1) is 12.0 Å². The summed E-state index contributed by atoms with van der Waals surface area (Å²) in [4.78, 5) is 12.6. The Kier molecular flexibility index (Phi) is 8.57. The van der Waals surface area contributed by atoms with E-state index in [9.17, 15) is 4.79 Å². The molecule has 2 aromatic rings. The molecule has 1 heterocycles. The van der Waals surface area contributed by atoms with E-state index >= 15 is 0 Å². The Morgan fingerprint density at radius 3 is 2.21 bits per heavy atom. The van der Waals surface area contributed by atoms with E-state index in [0.29, 0.717) is 11.6 Å². The SMILES string of the molecule is CCCC(C)(C)[Si](C)(C)OCCc1ccc(CCCC2(c3ccccc3)CCOC2=O)cc1. The van der Waals surface area contributed by atoms with Gasteiger partial charge in [-0.05, 0) is 66.9 Å². The number of aryl methyl sites for hydroxylation is 1. The second-order valence-electron chi connectivity index (χ2n) is 10.7. The molecule has 0 radical (unpaired) electrons. The second-order valence-corrected chi connectivity index (χ2v) is 15.4. The van der Waals surface area contributed by atoms with Crippen LogP contribution in [-0.2, 0) is 32.2 Å². The van der Waals surface area contributed by atoms with Crippen LogP contribution in [-0.4, -0.2) is 27.5 Å². The predicted octanol–water partition coefficient (Wildman–Crippen LogP) is 7.24. The molecule has 3 rings (SSSR count). The quantitative estimate of drug-likeness (QED) is 0.244. The van der Waals surface area contributed by atoms with Gasteiger partial charge in [0.2, 0.25) is 0 Å². The number of ether oxygens (including phenoxy) is 1. The molecular formula is C29H42O3Si. The van der Waals surface area contributed by atoms with E-state index in [0.717, 1.165) is 44.3 Å². The molecule has 0 spiro atoms. The highest BCUT2D eigenvalue weighted by atomic mass is 28.4. The Hall–Kier alpha value is -1.91. The van der Waals surface area contributed by atoms with Crippen molar-refractivity contribution >= 4 is 14.3 Å². The lowest BCUT2D eigenvalue weighted by Crippen LogP contribution is -2.42. The normalized spacial score (nSPS) is 19.0. The fraction of sp³-hybridized carbons (Fsp3) is 0.552. The van der Waals surface area contributed by atoms with E-state index in [4.69, 9.17) is 9.16 Å². The smallest absolute Gasteiger partial charge is 0.316 e. The summed E-state index contributed by atoms with van der Waals surface area (Å²) < 4.78 is 11.9. The number of cyclic esters (lactones) is 1. The summed E-state index contributed by atoms with van der Waals surface area (Å²) in [6.07, 6.45) is 6.96. The van der Waals surface area contributed by atoms with Gasteiger partial charge in [-0.25, -0.2) is 0 Å². The van der Waals surface area contributed by atoms with Gasteiger partial charge in [-0.15, -0.1) is 0 Å². The van der Waals surface area contributed by atoms with Crippen molar-refractivity contribution in [2.45, 2.75) is 89.3 Å². The lowest BCUT2D eigenvalue weighted by Gasteiger charge is -2.39. The molecule has 0 N–H and O–H groups in total. The minimum Gasteiger partial charge on any atom is -0.465 e. The van der Waals surface area contributed by atoms with Gasteiger partial charge in [0.1, 0.15) is 0 Å². The van der Waals surface area contributed by atoms with Gasteiger partial charge in [-0.1, -0.05) is 81.8 Å². The first-order chi connectivity index (χ1) is 15.7. The zero-order chi connectivity index (χ0) is 24.0. The molecule has 1 aliphatic heterocycles. The first-order valence-corrected chi connectivity index (χ1v) is 15.6. The van der Waals surface area contributed by atoms with Crippen LogP contribution in [0.3, 0.4) is 0 Å². The third-order valence-corrected chi connectivity index (χ3v) is 12.4. The van der Waals surface area contributed by atoms with Crippen molar-refractivity contribution in [3.63, 3.8) is 0 Å². The van der Waals surface area contributed by atoms with Crippen molar-refractivity contribution < 1.29 is 14.0 Å². The average molecular weight is 467 g/mol. The number of carbonyl (C=O) groups excluding carboxylic acids is 1. The highest BCUT2D eigenvalue weighted by Crippen LogP contribution is 2.42. The molecule has 1 fully saturated rings. The topological polar surface area (TPSA) is 35.5 Å². The summed E-state index contributed by atoms with van der Waals surface area (Å²) in [6.45, 7) is 13.0. The summed E-state index contributed by atoms with van der Waals surface area (Å²) in [6, 6.07) is 19.1. The summed E-state index contributed by atoms with van der Waals surface area (Å²) in [7, 11) is -1.73. The fourth-order valence-electron chi connectivity index (χ4n) is 4.96. The van der Waals surface area contributed by atoms with Crippen molar-refractivity contribution in [2.24, 2.45) is 0 Å². The van der Waals surface area contributed by atoms with Crippen LogP contribution in [0.15, 0.2) is 54.6 Å². The largest absolute Gasteiger partial charge is 0.465 e. The van der Waals surface area contributed by atoms with Crippen molar-refractivity contribution in [1.82, 2.24) is 0 Å². The number of rotatable bonds is 12. The molecule has 2 aromatic carbocycles. The van der Waals surface area contributed by atoms with Crippen LogP contribution in [0.2, 0.25) is 18.1 Å². The molecule has 1 aliphatic rings. The number of hydrogen-bond acceptors (Lipinski definition) is 3. The van der Waals surface area contributed by atoms with E-state index in [1.54, 1.807) is 0 Å². The molecule has 0 bridgehead atoms. The molecule has 0 aliphatic carbocycles. The first kappa shape index (κ1) is 25.7. The van der Waals surface area contributed by atoms with Crippen molar-refractivity contribution in [1.29, 1.82) is 0 Å². The van der Waals surface area contributed by atoms with Crippen LogP contribution in [0.1, 0.15) is 69.6 Å². The van der Waals surface area contributed by atoms with Gasteiger partial charge in [0.25, 0.3) is 0 Å². The Labute approximate surface area is 202 Å². The number of hydrogen-bond donors (Lipinski definition) is 0. The van der Waals surface area contributed by atoms with Crippen LogP contribution in [0, 0.1) is 0 Å². The summed E-state index contributed by atoms with van der Waals surface area (Å²) >= 11 is 0. The van der Waals surface area contributed by atoms with Crippen molar-refractivity contribution in [2.75, 3.05) is 13.2 Å². The molecule has 3 nitrogen and oxygen atoms in total. The summed E-state index contributed by atoms with van der Waals surface area (Å²) in [5, 5.41) is 0.300. The molecule has 0 saturated carbocycles. The van der Waals surface area contributed by atoms with Crippen LogP contribution < -0.4 is 0 Å². The predicted molar refractivity (Wildman–Crippen MR) is 139 cm³/mol. The van der Waals surface area contributed by atoms with Gasteiger partial charge in [0.15, 0.2) is 8.32 Å². The Morgan fingerprint density at radius 2 is 1.64 bits per heavy atom. The van der Waals surface area contributed by atoms with Crippen LogP contribution in [0.5, 0.6) is 0 Å². The van der Waals surface area contributed by atoms with E-state index in [1.165, 1.54) is 24.0 Å². The molecule has 1 saturated heterocycles. The lowest BCUT2D eigenvalue weighted by atomic mass is 9.75. The minimum atomic E-state index is -1.73. The van der Waals surface area contributed by atoms with Gasteiger partial charge in [0, 0.05) is 13.0 Å². The molecule has 180 valence electrons. The van der Waals surface area contributed by atoms with Gasteiger partial charge in [-0.3, -0.25) is 4.79 Å². The summed E-state index contributed by atoms with van der Waals surface area (Å²) in [5.74, 6) is -0.0577. The molecule has 0 aromatic heterocycles. The summed E-state index contributed by atoms with van der Waals surface area (Å²) in [5.41, 5.74) is 3.28. The number of benzene rings is 2. The zero-order valence-electron chi connectivity index (χ0n) is 21.3. The third kappa shape index (κ3) is 6.16. The molecule has 1 unspecified atom stereocenters. The Balaban J connectivity index is 1.50. The van der Waals surface area contributed by atoms with Gasteiger partial charge in [-0.2, -0.15) is 0 Å². The van der Waals surface area contributed by atoms with E-state index in [2.05, 4.69) is 70.3 Å². The van der Waals surface area contributed by atoms with Gasteiger partial charge < -0.3 is 9.16 Å². The van der Waals surface area contributed by atoms with Crippen LogP contribution >= 0.6 is 0 Å². The maximum atomic E-state index is 12.6. The Morgan fingerprint density at radius 1 is 1.00 bits per heavy atom. The molecule has 1 atom stereocenters. The average Bonchev–Trinajstić information content (AvgIpc) is 3.16. The first-order valence-electron chi connectivity index (χ1n) is 12.6. The lowest BCUT2D eigenvalue weighted by molar-refractivity contribution is -0.143. The van der Waals surface area contributed by atoms with Crippen molar-refractivity contribution in [3.05, 3.63) is 71.3 Å².